The number of aryl methyl sites for hydroxylation is 2. The van der Waals surface area contributed by atoms with E-state index in [9.17, 15) is 22.4 Å². The van der Waals surface area contributed by atoms with Crippen LogP contribution in [-0.4, -0.2) is 33.8 Å². The van der Waals surface area contributed by atoms with Crippen LogP contribution in [0.15, 0.2) is 30.3 Å². The van der Waals surface area contributed by atoms with Gasteiger partial charge >= 0.3 is 18.7 Å². The largest absolute Gasteiger partial charge is 0.506 e. The van der Waals surface area contributed by atoms with Crippen LogP contribution in [0.3, 0.4) is 0 Å². The van der Waals surface area contributed by atoms with E-state index in [4.69, 9.17) is 14.6 Å². The van der Waals surface area contributed by atoms with Crippen molar-refractivity contribution in [1.29, 1.82) is 0 Å². The molecular weight excluding hydrogens is 448 g/mol. The number of hydrogen-bond donors (Lipinski definition) is 1. The summed E-state index contributed by atoms with van der Waals surface area (Å²) in [6, 6.07) is 6.38. The van der Waals surface area contributed by atoms with Crippen LogP contribution in [0.5, 0.6) is 17.4 Å². The Morgan fingerprint density at radius 2 is 1.76 bits per heavy atom. The third-order valence-electron chi connectivity index (χ3n) is 4.79. The minimum absolute atomic E-state index is 0.163. The molecule has 3 aromatic rings. The molecule has 33 heavy (non-hydrogen) atoms. The monoisotopic (exact) mass is 468 g/mol. The molecule has 0 saturated heterocycles. The number of carboxylic acid groups (broad SMARTS) is 1. The van der Waals surface area contributed by atoms with E-state index in [1.54, 1.807) is 19.9 Å². The molecule has 0 unspecified atom stereocenters. The first-order chi connectivity index (χ1) is 15.5. The smallest absolute Gasteiger partial charge is 0.450 e. The zero-order valence-corrected chi connectivity index (χ0v) is 17.9. The van der Waals surface area contributed by atoms with E-state index < -0.39 is 24.4 Å². The Morgan fingerprint density at radius 3 is 2.33 bits per heavy atom. The number of aromatic nitrogens is 2. The highest BCUT2D eigenvalue weighted by Gasteiger charge is 2.43. The molecule has 0 atom stereocenters. The van der Waals surface area contributed by atoms with E-state index in [2.05, 4.69) is 14.7 Å². The average Bonchev–Trinajstić information content (AvgIpc) is 2.74. The van der Waals surface area contributed by atoms with Crippen molar-refractivity contribution in [3.05, 3.63) is 52.7 Å². The zero-order chi connectivity index (χ0) is 24.3. The first kappa shape index (κ1) is 24.0. The Hall–Kier alpha value is -3.63. The van der Waals surface area contributed by atoms with Crippen molar-refractivity contribution < 1.29 is 41.7 Å². The van der Waals surface area contributed by atoms with E-state index in [1.165, 1.54) is 12.1 Å². The summed E-state index contributed by atoms with van der Waals surface area (Å²) in [4.78, 5) is 20.0. The van der Waals surface area contributed by atoms with Gasteiger partial charge in [0.25, 0.3) is 0 Å². The van der Waals surface area contributed by atoms with Crippen LogP contribution in [0.4, 0.5) is 22.4 Å². The Bertz CT molecular complexity index is 1170. The van der Waals surface area contributed by atoms with Gasteiger partial charge in [-0.1, -0.05) is 6.92 Å². The van der Waals surface area contributed by atoms with Gasteiger partial charge in [0.2, 0.25) is 5.88 Å². The van der Waals surface area contributed by atoms with Gasteiger partial charge in [0, 0.05) is 16.8 Å². The fourth-order valence-electron chi connectivity index (χ4n) is 3.12. The maximum absolute atomic E-state index is 13.1. The lowest BCUT2D eigenvalue weighted by Crippen LogP contribution is -2.33. The van der Waals surface area contributed by atoms with E-state index >= 15 is 0 Å². The number of nitrogens with zero attached hydrogens (tertiary/aromatic N) is 2. The summed E-state index contributed by atoms with van der Waals surface area (Å²) < 4.78 is 65.2. The molecule has 0 aliphatic rings. The lowest BCUT2D eigenvalue weighted by Gasteiger charge is -2.17. The number of fused-ring (bicyclic) bond motifs is 1. The molecule has 0 amide bonds. The van der Waals surface area contributed by atoms with Crippen LogP contribution < -0.4 is 9.47 Å². The van der Waals surface area contributed by atoms with Crippen LogP contribution in [0.1, 0.15) is 29.3 Å². The molecule has 1 aromatic carbocycles. The normalized spacial score (nSPS) is 11.6. The Morgan fingerprint density at radius 1 is 1.12 bits per heavy atom. The van der Waals surface area contributed by atoms with Crippen molar-refractivity contribution in [2.45, 2.75) is 46.3 Å². The SMILES string of the molecule is CCc1nc2cc(C)c(Oc3ccc(OC(F)(F)C(F)F)cc3)nc2c(COC(=O)O)c1C. The van der Waals surface area contributed by atoms with Crippen molar-refractivity contribution >= 4 is 17.2 Å². The molecule has 0 spiro atoms. The topological polar surface area (TPSA) is 90.8 Å². The van der Waals surface area contributed by atoms with Crippen LogP contribution in [0, 0.1) is 13.8 Å². The summed E-state index contributed by atoms with van der Waals surface area (Å²) in [5, 5.41) is 8.90. The van der Waals surface area contributed by atoms with E-state index in [-0.39, 0.29) is 18.2 Å². The van der Waals surface area contributed by atoms with E-state index in [0.29, 0.717) is 28.6 Å². The van der Waals surface area contributed by atoms with Gasteiger partial charge in [0.05, 0.1) is 11.0 Å². The minimum Gasteiger partial charge on any atom is -0.450 e. The fourth-order valence-corrected chi connectivity index (χ4v) is 3.12. The van der Waals surface area contributed by atoms with Gasteiger partial charge in [-0.25, -0.2) is 9.78 Å². The summed E-state index contributed by atoms with van der Waals surface area (Å²) in [6.07, 6.45) is -9.39. The number of hydrogen-bond acceptors (Lipinski definition) is 6. The lowest BCUT2D eigenvalue weighted by molar-refractivity contribution is -0.253. The molecule has 3 rings (SSSR count). The number of benzene rings is 1. The third-order valence-corrected chi connectivity index (χ3v) is 4.79. The number of halogens is 4. The molecular formula is C22H20F4N2O5. The molecule has 0 bridgehead atoms. The number of ether oxygens (including phenoxy) is 3. The first-order valence-corrected chi connectivity index (χ1v) is 9.80. The quantitative estimate of drug-likeness (QED) is 0.319. The molecule has 0 aliphatic carbocycles. The summed E-state index contributed by atoms with van der Waals surface area (Å²) in [5.74, 6) is -0.108. The highest BCUT2D eigenvalue weighted by molar-refractivity contribution is 5.81. The van der Waals surface area contributed by atoms with Crippen LogP contribution in [0.25, 0.3) is 11.0 Å². The predicted molar refractivity (Wildman–Crippen MR) is 109 cm³/mol. The second-order valence-electron chi connectivity index (χ2n) is 7.09. The van der Waals surface area contributed by atoms with Crippen molar-refractivity contribution in [1.82, 2.24) is 9.97 Å². The first-order valence-electron chi connectivity index (χ1n) is 9.80. The van der Waals surface area contributed by atoms with Gasteiger partial charge in [0.1, 0.15) is 18.1 Å². The van der Waals surface area contributed by atoms with Gasteiger partial charge in [0.15, 0.2) is 0 Å². The highest BCUT2D eigenvalue weighted by Crippen LogP contribution is 2.32. The fraction of sp³-hybridized carbons (Fsp3) is 0.318. The maximum atomic E-state index is 13.1. The molecule has 0 saturated carbocycles. The van der Waals surface area contributed by atoms with Crippen molar-refractivity contribution in [2.24, 2.45) is 0 Å². The summed E-state index contributed by atoms with van der Waals surface area (Å²) >= 11 is 0. The number of alkyl halides is 4. The van der Waals surface area contributed by atoms with Crippen molar-refractivity contribution in [3.8, 4) is 17.4 Å². The van der Waals surface area contributed by atoms with E-state index in [1.807, 2.05) is 6.92 Å². The second kappa shape index (κ2) is 9.47. The molecule has 11 heteroatoms. The van der Waals surface area contributed by atoms with Gasteiger partial charge in [-0.3, -0.25) is 4.98 Å². The van der Waals surface area contributed by atoms with E-state index in [0.717, 1.165) is 23.4 Å². The second-order valence-corrected chi connectivity index (χ2v) is 7.09. The molecule has 176 valence electrons. The van der Waals surface area contributed by atoms with Crippen LogP contribution in [0.2, 0.25) is 0 Å². The lowest BCUT2D eigenvalue weighted by atomic mass is 10.0. The predicted octanol–water partition coefficient (Wildman–Crippen LogP) is 6.03. The standard InChI is InChI=1S/C22H20F4N2O5/c1-4-16-12(3)15(10-31-21(29)30)18-17(27-16)9-11(2)19(28-18)32-13-5-7-14(8-6-13)33-22(25,26)20(23)24/h5-9,20H,4,10H2,1-3H3,(H,29,30). The van der Waals surface area contributed by atoms with Crippen molar-refractivity contribution in [2.75, 3.05) is 0 Å². The number of rotatable bonds is 8. The Labute approximate surface area is 185 Å². The van der Waals surface area contributed by atoms with Gasteiger partial charge < -0.3 is 19.3 Å². The third kappa shape index (κ3) is 5.41. The van der Waals surface area contributed by atoms with Crippen LogP contribution in [-0.2, 0) is 17.8 Å². The summed E-state index contributed by atoms with van der Waals surface area (Å²) in [7, 11) is 0. The number of pyridine rings is 2. The summed E-state index contributed by atoms with van der Waals surface area (Å²) in [6.45, 7) is 5.21. The average molecular weight is 468 g/mol. The summed E-state index contributed by atoms with van der Waals surface area (Å²) in [5.41, 5.74) is 3.59. The molecule has 0 aliphatic heterocycles. The van der Waals surface area contributed by atoms with Crippen molar-refractivity contribution in [3.63, 3.8) is 0 Å². The van der Waals surface area contributed by atoms with Gasteiger partial charge in [-0.15, -0.1) is 0 Å². The van der Waals surface area contributed by atoms with Gasteiger partial charge in [-0.2, -0.15) is 17.6 Å². The Balaban J connectivity index is 1.94. The molecule has 1 N–H and O–H groups in total. The van der Waals surface area contributed by atoms with Crippen LogP contribution >= 0.6 is 0 Å². The zero-order valence-electron chi connectivity index (χ0n) is 17.9. The molecule has 0 fully saturated rings. The molecule has 2 heterocycles. The van der Waals surface area contributed by atoms with Gasteiger partial charge in [-0.05, 0) is 56.2 Å². The highest BCUT2D eigenvalue weighted by atomic mass is 19.3. The maximum Gasteiger partial charge on any atom is 0.506 e. The molecule has 2 aromatic heterocycles. The number of carbonyl (C=O) groups is 1. The minimum atomic E-state index is -4.62. The molecule has 7 nitrogen and oxygen atoms in total. The molecule has 0 radical (unpaired) electrons. The Kier molecular flexibility index (Phi) is 6.89.